The van der Waals surface area contributed by atoms with Crippen LogP contribution in [0.5, 0.6) is 11.5 Å². The summed E-state index contributed by atoms with van der Waals surface area (Å²) >= 11 is 0. The number of aromatic nitrogens is 4. The van der Waals surface area contributed by atoms with Gasteiger partial charge in [-0.2, -0.15) is 0 Å². The van der Waals surface area contributed by atoms with Gasteiger partial charge in [0.1, 0.15) is 12.9 Å². The Kier molecular flexibility index (Phi) is 2.96. The molecule has 1 aliphatic heterocycles. The summed E-state index contributed by atoms with van der Waals surface area (Å²) in [5, 5.41) is 0. The van der Waals surface area contributed by atoms with Crippen LogP contribution in [0.2, 0.25) is 0 Å². The van der Waals surface area contributed by atoms with E-state index < -0.39 is 0 Å². The standard InChI is InChI=1S/C15H12N4O3/c20-15-13-14(17-6-5-16-13)18-9-19(15)7-10-8-21-11-3-1-2-4-12(11)22-10/h1-6,9-10H,7-8H2. The van der Waals surface area contributed by atoms with Gasteiger partial charge in [-0.05, 0) is 12.1 Å². The lowest BCUT2D eigenvalue weighted by Crippen LogP contribution is -2.36. The zero-order valence-corrected chi connectivity index (χ0v) is 11.5. The van der Waals surface area contributed by atoms with Gasteiger partial charge in [0, 0.05) is 12.4 Å². The lowest BCUT2D eigenvalue weighted by atomic mass is 10.2. The highest BCUT2D eigenvalue weighted by Crippen LogP contribution is 2.31. The van der Waals surface area contributed by atoms with Crippen molar-refractivity contribution < 1.29 is 9.47 Å². The Bertz CT molecular complexity index is 893. The van der Waals surface area contributed by atoms with E-state index in [9.17, 15) is 4.79 Å². The molecule has 1 aromatic carbocycles. The molecule has 22 heavy (non-hydrogen) atoms. The van der Waals surface area contributed by atoms with Crippen molar-refractivity contribution >= 4 is 11.2 Å². The van der Waals surface area contributed by atoms with E-state index in [2.05, 4.69) is 15.0 Å². The Morgan fingerprint density at radius 1 is 1.14 bits per heavy atom. The fourth-order valence-corrected chi connectivity index (χ4v) is 2.39. The molecule has 1 aliphatic rings. The van der Waals surface area contributed by atoms with Crippen LogP contribution in [0.25, 0.3) is 11.2 Å². The van der Waals surface area contributed by atoms with Gasteiger partial charge in [0.2, 0.25) is 0 Å². The largest absolute Gasteiger partial charge is 0.486 e. The molecule has 2 aromatic heterocycles. The molecule has 0 saturated heterocycles. The van der Waals surface area contributed by atoms with E-state index in [0.717, 1.165) is 0 Å². The molecule has 110 valence electrons. The second-order valence-electron chi connectivity index (χ2n) is 4.93. The predicted molar refractivity (Wildman–Crippen MR) is 77.9 cm³/mol. The second kappa shape index (κ2) is 5.10. The maximum Gasteiger partial charge on any atom is 0.281 e. The van der Waals surface area contributed by atoms with Crippen LogP contribution in [0.4, 0.5) is 0 Å². The van der Waals surface area contributed by atoms with E-state index in [0.29, 0.717) is 30.3 Å². The number of fused-ring (bicyclic) bond motifs is 2. The van der Waals surface area contributed by atoms with E-state index in [1.807, 2.05) is 24.3 Å². The summed E-state index contributed by atoms with van der Waals surface area (Å²) in [7, 11) is 0. The Labute approximate surface area is 125 Å². The lowest BCUT2D eigenvalue weighted by molar-refractivity contribution is 0.0777. The molecule has 4 rings (SSSR count). The van der Waals surface area contributed by atoms with Crippen LogP contribution in [0.1, 0.15) is 0 Å². The van der Waals surface area contributed by atoms with Gasteiger partial charge in [0.15, 0.2) is 28.8 Å². The van der Waals surface area contributed by atoms with Gasteiger partial charge >= 0.3 is 0 Å². The summed E-state index contributed by atoms with van der Waals surface area (Å²) in [4.78, 5) is 24.6. The van der Waals surface area contributed by atoms with Gasteiger partial charge < -0.3 is 9.47 Å². The van der Waals surface area contributed by atoms with Gasteiger partial charge in [-0.3, -0.25) is 9.36 Å². The molecule has 3 heterocycles. The molecule has 1 unspecified atom stereocenters. The molecule has 0 radical (unpaired) electrons. The summed E-state index contributed by atoms with van der Waals surface area (Å²) < 4.78 is 13.0. The van der Waals surface area contributed by atoms with Crippen LogP contribution in [0.3, 0.4) is 0 Å². The quantitative estimate of drug-likeness (QED) is 0.702. The van der Waals surface area contributed by atoms with E-state index in [-0.39, 0.29) is 17.2 Å². The fourth-order valence-electron chi connectivity index (χ4n) is 2.39. The van der Waals surface area contributed by atoms with Crippen molar-refractivity contribution in [3.8, 4) is 11.5 Å². The number of para-hydroxylation sites is 2. The van der Waals surface area contributed by atoms with Crippen LogP contribution in [-0.4, -0.2) is 32.2 Å². The van der Waals surface area contributed by atoms with Crippen LogP contribution in [0.15, 0.2) is 47.8 Å². The molecule has 0 bridgehead atoms. The number of hydrogen-bond acceptors (Lipinski definition) is 6. The maximum absolute atomic E-state index is 12.4. The van der Waals surface area contributed by atoms with Crippen molar-refractivity contribution in [1.82, 2.24) is 19.5 Å². The Morgan fingerprint density at radius 2 is 1.95 bits per heavy atom. The number of rotatable bonds is 2. The van der Waals surface area contributed by atoms with Crippen molar-refractivity contribution in [2.45, 2.75) is 12.6 Å². The molecule has 0 N–H and O–H groups in total. The highest BCUT2D eigenvalue weighted by Gasteiger charge is 2.21. The summed E-state index contributed by atoms with van der Waals surface area (Å²) in [6.07, 6.45) is 4.19. The molecule has 0 aliphatic carbocycles. The van der Waals surface area contributed by atoms with Crippen molar-refractivity contribution in [3.63, 3.8) is 0 Å². The number of ether oxygens (including phenoxy) is 2. The first-order valence-electron chi connectivity index (χ1n) is 6.86. The van der Waals surface area contributed by atoms with E-state index >= 15 is 0 Å². The zero-order chi connectivity index (χ0) is 14.9. The number of nitrogens with zero attached hydrogens (tertiary/aromatic N) is 4. The molecule has 7 heteroatoms. The predicted octanol–water partition coefficient (Wildman–Crippen LogP) is 1.03. The van der Waals surface area contributed by atoms with Crippen molar-refractivity contribution in [3.05, 3.63) is 53.3 Å². The number of hydrogen-bond donors (Lipinski definition) is 0. The molecular formula is C15H12N4O3. The Morgan fingerprint density at radius 3 is 2.86 bits per heavy atom. The molecule has 3 aromatic rings. The minimum Gasteiger partial charge on any atom is -0.486 e. The van der Waals surface area contributed by atoms with Crippen molar-refractivity contribution in [2.24, 2.45) is 0 Å². The first-order chi connectivity index (χ1) is 10.8. The fraction of sp³-hybridized carbons (Fsp3) is 0.200. The molecule has 7 nitrogen and oxygen atoms in total. The minimum absolute atomic E-state index is 0.236. The SMILES string of the molecule is O=c1c2nccnc2ncn1CC1COc2ccccc2O1. The van der Waals surface area contributed by atoms with Gasteiger partial charge in [-0.25, -0.2) is 15.0 Å². The van der Waals surface area contributed by atoms with Crippen LogP contribution in [0, 0.1) is 0 Å². The average Bonchev–Trinajstić information content (AvgIpc) is 2.57. The van der Waals surface area contributed by atoms with Gasteiger partial charge in [-0.15, -0.1) is 0 Å². The average molecular weight is 296 g/mol. The van der Waals surface area contributed by atoms with E-state index in [4.69, 9.17) is 9.47 Å². The number of benzene rings is 1. The summed E-state index contributed by atoms with van der Waals surface area (Å²) in [5.74, 6) is 1.40. The van der Waals surface area contributed by atoms with Crippen LogP contribution < -0.4 is 15.0 Å². The normalized spacial score (nSPS) is 16.6. The molecule has 0 fully saturated rings. The first kappa shape index (κ1) is 12.8. The van der Waals surface area contributed by atoms with Gasteiger partial charge in [0.25, 0.3) is 5.56 Å². The topological polar surface area (TPSA) is 79.1 Å². The molecule has 0 saturated carbocycles. The Balaban J connectivity index is 1.62. The summed E-state index contributed by atoms with van der Waals surface area (Å²) in [5.41, 5.74) is 0.359. The second-order valence-corrected chi connectivity index (χ2v) is 4.93. The monoisotopic (exact) mass is 296 g/mol. The first-order valence-corrected chi connectivity index (χ1v) is 6.86. The van der Waals surface area contributed by atoms with Crippen molar-refractivity contribution in [1.29, 1.82) is 0 Å². The van der Waals surface area contributed by atoms with E-state index in [1.54, 1.807) is 0 Å². The maximum atomic E-state index is 12.4. The van der Waals surface area contributed by atoms with Gasteiger partial charge in [-0.1, -0.05) is 12.1 Å². The Hall–Kier alpha value is -2.96. The highest BCUT2D eigenvalue weighted by atomic mass is 16.6. The van der Waals surface area contributed by atoms with Crippen LogP contribution in [-0.2, 0) is 6.54 Å². The van der Waals surface area contributed by atoms with E-state index in [1.165, 1.54) is 23.3 Å². The zero-order valence-electron chi connectivity index (χ0n) is 11.5. The third kappa shape index (κ3) is 2.16. The van der Waals surface area contributed by atoms with Crippen LogP contribution >= 0.6 is 0 Å². The molecule has 0 spiro atoms. The third-order valence-corrected chi connectivity index (χ3v) is 3.43. The minimum atomic E-state index is -0.261. The molecule has 1 atom stereocenters. The molecule has 0 amide bonds. The third-order valence-electron chi connectivity index (χ3n) is 3.43. The smallest absolute Gasteiger partial charge is 0.281 e. The van der Waals surface area contributed by atoms with Crippen molar-refractivity contribution in [2.75, 3.05) is 6.61 Å². The summed E-state index contributed by atoms with van der Waals surface area (Å²) in [6, 6.07) is 7.46. The summed E-state index contributed by atoms with van der Waals surface area (Å²) in [6.45, 7) is 0.717. The lowest BCUT2D eigenvalue weighted by Gasteiger charge is -2.26. The highest BCUT2D eigenvalue weighted by molar-refractivity contribution is 5.66. The molecular weight excluding hydrogens is 284 g/mol. The van der Waals surface area contributed by atoms with Gasteiger partial charge in [0.05, 0.1) is 6.54 Å².